The predicted octanol–water partition coefficient (Wildman–Crippen LogP) is 2.31. The maximum absolute atomic E-state index is 5.59. The number of hydrogen-bond acceptors (Lipinski definition) is 4. The van der Waals surface area contributed by atoms with Crippen molar-refractivity contribution < 1.29 is 4.42 Å². The van der Waals surface area contributed by atoms with Crippen LogP contribution in [0.4, 0.5) is 0 Å². The van der Waals surface area contributed by atoms with E-state index in [1.165, 1.54) is 24.8 Å². The Morgan fingerprint density at radius 3 is 2.60 bits per heavy atom. The third-order valence-electron chi connectivity index (χ3n) is 4.61. The number of furan rings is 1. The second-order valence-electron chi connectivity index (χ2n) is 6.29. The third kappa shape index (κ3) is 3.43. The van der Waals surface area contributed by atoms with Crippen molar-refractivity contribution in [2.24, 2.45) is 0 Å². The molecule has 1 heterocycles. The number of hydrogen-bond donors (Lipinski definition) is 1. The van der Waals surface area contributed by atoms with Gasteiger partial charge in [-0.05, 0) is 53.0 Å². The SMILES string of the molecule is CCNCc1occc1CN(C)CC1(N(C)C)CCC1. The fraction of sp³-hybridized carbons (Fsp3) is 0.750. The Balaban J connectivity index is 1.91. The van der Waals surface area contributed by atoms with E-state index in [0.717, 1.165) is 31.9 Å². The summed E-state index contributed by atoms with van der Waals surface area (Å²) in [6, 6.07) is 2.10. The molecule has 0 atom stereocenters. The maximum atomic E-state index is 5.59. The normalized spacial score (nSPS) is 17.7. The molecule has 0 saturated heterocycles. The fourth-order valence-corrected chi connectivity index (χ4v) is 3.08. The molecule has 0 radical (unpaired) electrons. The molecule has 1 aliphatic carbocycles. The smallest absolute Gasteiger partial charge is 0.122 e. The zero-order valence-electron chi connectivity index (χ0n) is 13.4. The molecule has 4 heteroatoms. The molecular weight excluding hydrogens is 250 g/mol. The second kappa shape index (κ2) is 6.74. The molecule has 1 fully saturated rings. The molecule has 1 aromatic rings. The number of likely N-dealkylation sites (N-methyl/N-ethyl adjacent to an activating group) is 2. The van der Waals surface area contributed by atoms with Gasteiger partial charge in [0.2, 0.25) is 0 Å². The van der Waals surface area contributed by atoms with Gasteiger partial charge in [-0.3, -0.25) is 0 Å². The Morgan fingerprint density at radius 2 is 2.05 bits per heavy atom. The van der Waals surface area contributed by atoms with Crippen molar-refractivity contribution in [2.75, 3.05) is 34.2 Å². The van der Waals surface area contributed by atoms with E-state index in [2.05, 4.69) is 49.2 Å². The Labute approximate surface area is 123 Å². The quantitative estimate of drug-likeness (QED) is 0.791. The van der Waals surface area contributed by atoms with Gasteiger partial charge in [0.25, 0.3) is 0 Å². The van der Waals surface area contributed by atoms with E-state index in [-0.39, 0.29) is 0 Å². The predicted molar refractivity (Wildman–Crippen MR) is 82.7 cm³/mol. The summed E-state index contributed by atoms with van der Waals surface area (Å²) in [5, 5.41) is 3.33. The van der Waals surface area contributed by atoms with Crippen LogP contribution in [0.3, 0.4) is 0 Å². The molecule has 0 amide bonds. The summed E-state index contributed by atoms with van der Waals surface area (Å²) in [7, 11) is 6.64. The molecule has 0 aromatic carbocycles. The molecule has 0 spiro atoms. The molecule has 4 nitrogen and oxygen atoms in total. The number of rotatable bonds is 8. The Bertz CT molecular complexity index is 410. The van der Waals surface area contributed by atoms with E-state index in [1.54, 1.807) is 6.26 Å². The first-order chi connectivity index (χ1) is 9.57. The lowest BCUT2D eigenvalue weighted by molar-refractivity contribution is 0.0257. The molecule has 0 unspecified atom stereocenters. The van der Waals surface area contributed by atoms with Crippen LogP contribution in [-0.4, -0.2) is 49.6 Å². The van der Waals surface area contributed by atoms with E-state index in [0.29, 0.717) is 5.54 Å². The molecule has 114 valence electrons. The van der Waals surface area contributed by atoms with Crippen LogP contribution in [-0.2, 0) is 13.1 Å². The lowest BCUT2D eigenvalue weighted by Crippen LogP contribution is -2.56. The zero-order chi connectivity index (χ0) is 14.6. The van der Waals surface area contributed by atoms with E-state index in [9.17, 15) is 0 Å². The lowest BCUT2D eigenvalue weighted by atomic mass is 9.75. The minimum atomic E-state index is 0.389. The molecule has 1 saturated carbocycles. The van der Waals surface area contributed by atoms with Gasteiger partial charge in [-0.15, -0.1) is 0 Å². The highest BCUT2D eigenvalue weighted by Crippen LogP contribution is 2.36. The third-order valence-corrected chi connectivity index (χ3v) is 4.61. The summed E-state index contributed by atoms with van der Waals surface area (Å²) < 4.78 is 5.59. The van der Waals surface area contributed by atoms with Crippen LogP contribution < -0.4 is 5.32 Å². The minimum absolute atomic E-state index is 0.389. The lowest BCUT2D eigenvalue weighted by Gasteiger charge is -2.49. The Hall–Kier alpha value is -0.840. The van der Waals surface area contributed by atoms with Gasteiger partial charge in [0.15, 0.2) is 0 Å². The summed E-state index contributed by atoms with van der Waals surface area (Å²) >= 11 is 0. The highest BCUT2D eigenvalue weighted by atomic mass is 16.3. The van der Waals surface area contributed by atoms with Crippen LogP contribution in [0.2, 0.25) is 0 Å². The first-order valence-corrected chi connectivity index (χ1v) is 7.69. The first kappa shape index (κ1) is 15.5. The minimum Gasteiger partial charge on any atom is -0.468 e. The Kier molecular flexibility index (Phi) is 5.24. The van der Waals surface area contributed by atoms with E-state index >= 15 is 0 Å². The van der Waals surface area contributed by atoms with Crippen LogP contribution in [0.25, 0.3) is 0 Å². The van der Waals surface area contributed by atoms with Crippen LogP contribution >= 0.6 is 0 Å². The first-order valence-electron chi connectivity index (χ1n) is 7.69. The van der Waals surface area contributed by atoms with Crippen LogP contribution in [0.15, 0.2) is 16.7 Å². The Morgan fingerprint density at radius 1 is 1.30 bits per heavy atom. The van der Waals surface area contributed by atoms with Gasteiger partial charge >= 0.3 is 0 Å². The standard InChI is InChI=1S/C16H29N3O/c1-5-17-11-15-14(7-10-20-15)12-19(4)13-16(18(2)3)8-6-9-16/h7,10,17H,5-6,8-9,11-13H2,1-4H3. The molecule has 2 rings (SSSR count). The molecule has 0 bridgehead atoms. The second-order valence-corrected chi connectivity index (χ2v) is 6.29. The van der Waals surface area contributed by atoms with Crippen molar-refractivity contribution in [2.45, 2.75) is 44.8 Å². The van der Waals surface area contributed by atoms with Crippen molar-refractivity contribution in [3.05, 3.63) is 23.7 Å². The molecule has 1 aromatic heterocycles. The maximum Gasteiger partial charge on any atom is 0.122 e. The molecule has 0 aliphatic heterocycles. The van der Waals surface area contributed by atoms with Gasteiger partial charge in [-0.25, -0.2) is 0 Å². The fourth-order valence-electron chi connectivity index (χ4n) is 3.08. The van der Waals surface area contributed by atoms with Gasteiger partial charge in [0.1, 0.15) is 5.76 Å². The topological polar surface area (TPSA) is 31.7 Å². The molecular formula is C16H29N3O. The van der Waals surface area contributed by atoms with Crippen LogP contribution in [0, 0.1) is 0 Å². The highest BCUT2D eigenvalue weighted by Gasteiger charge is 2.39. The molecule has 1 N–H and O–H groups in total. The van der Waals surface area contributed by atoms with Crippen molar-refractivity contribution >= 4 is 0 Å². The van der Waals surface area contributed by atoms with Crippen molar-refractivity contribution in [3.8, 4) is 0 Å². The van der Waals surface area contributed by atoms with Gasteiger partial charge < -0.3 is 19.5 Å². The summed E-state index contributed by atoms with van der Waals surface area (Å²) in [6.45, 7) is 6.01. The number of nitrogens with zero attached hydrogens (tertiary/aromatic N) is 2. The van der Waals surface area contributed by atoms with Crippen LogP contribution in [0.1, 0.15) is 37.5 Å². The summed E-state index contributed by atoms with van der Waals surface area (Å²) in [5.41, 5.74) is 1.70. The monoisotopic (exact) mass is 279 g/mol. The van der Waals surface area contributed by atoms with Gasteiger partial charge in [-0.1, -0.05) is 6.92 Å². The molecule has 20 heavy (non-hydrogen) atoms. The van der Waals surface area contributed by atoms with Crippen molar-refractivity contribution in [1.29, 1.82) is 0 Å². The van der Waals surface area contributed by atoms with Crippen molar-refractivity contribution in [1.82, 2.24) is 15.1 Å². The van der Waals surface area contributed by atoms with E-state index in [4.69, 9.17) is 4.42 Å². The summed E-state index contributed by atoms with van der Waals surface area (Å²) in [5.74, 6) is 1.08. The van der Waals surface area contributed by atoms with Gasteiger partial charge in [-0.2, -0.15) is 0 Å². The van der Waals surface area contributed by atoms with E-state index in [1.807, 2.05) is 0 Å². The van der Waals surface area contributed by atoms with Crippen molar-refractivity contribution in [3.63, 3.8) is 0 Å². The van der Waals surface area contributed by atoms with Crippen LogP contribution in [0.5, 0.6) is 0 Å². The summed E-state index contributed by atoms with van der Waals surface area (Å²) in [4.78, 5) is 4.83. The summed E-state index contributed by atoms with van der Waals surface area (Å²) in [6.07, 6.45) is 5.81. The molecule has 1 aliphatic rings. The highest BCUT2D eigenvalue weighted by molar-refractivity contribution is 5.17. The average molecular weight is 279 g/mol. The number of nitrogens with one attached hydrogen (secondary N) is 1. The van der Waals surface area contributed by atoms with Gasteiger partial charge in [0, 0.05) is 24.2 Å². The average Bonchev–Trinajstić information content (AvgIpc) is 2.78. The van der Waals surface area contributed by atoms with E-state index < -0.39 is 0 Å². The largest absolute Gasteiger partial charge is 0.468 e. The van der Waals surface area contributed by atoms with Gasteiger partial charge in [0.05, 0.1) is 12.8 Å². The zero-order valence-corrected chi connectivity index (χ0v) is 13.4.